The average molecular weight is 237 g/mol. The topological polar surface area (TPSA) is 44.4 Å². The fourth-order valence-electron chi connectivity index (χ4n) is 3.49. The van der Waals surface area contributed by atoms with Crippen LogP contribution in [-0.4, -0.2) is 43.2 Å². The van der Waals surface area contributed by atoms with E-state index in [1.54, 1.807) is 0 Å². The molecule has 17 heavy (non-hydrogen) atoms. The fraction of sp³-hybridized carbons (Fsp3) is 0.923. The second-order valence-electron chi connectivity index (χ2n) is 6.07. The number of carbonyl (C=O) groups is 1. The summed E-state index contributed by atoms with van der Waals surface area (Å²) in [7, 11) is 0. The van der Waals surface area contributed by atoms with E-state index in [0.29, 0.717) is 11.5 Å². The van der Waals surface area contributed by atoms with Crippen LogP contribution in [0.2, 0.25) is 0 Å². The molecule has 2 aliphatic heterocycles. The molecule has 0 aromatic carbocycles. The molecule has 0 aromatic heterocycles. The number of likely N-dealkylation sites (tertiary alicyclic amines) is 1. The van der Waals surface area contributed by atoms with Gasteiger partial charge in [-0.2, -0.15) is 0 Å². The van der Waals surface area contributed by atoms with Gasteiger partial charge in [0.2, 0.25) is 0 Å². The van der Waals surface area contributed by atoms with E-state index in [4.69, 9.17) is 0 Å². The predicted molar refractivity (Wildman–Crippen MR) is 66.9 cm³/mol. The van der Waals surface area contributed by atoms with E-state index in [1.807, 2.05) is 4.90 Å². The van der Waals surface area contributed by atoms with E-state index in [-0.39, 0.29) is 6.03 Å². The molecule has 2 N–H and O–H groups in total. The highest BCUT2D eigenvalue weighted by molar-refractivity contribution is 5.75. The molecule has 0 atom stereocenters. The van der Waals surface area contributed by atoms with Crippen LogP contribution in [0.25, 0.3) is 0 Å². The van der Waals surface area contributed by atoms with Crippen LogP contribution in [0.3, 0.4) is 0 Å². The third-order valence-electron chi connectivity index (χ3n) is 4.60. The molecule has 3 aliphatic rings. The molecule has 2 saturated heterocycles. The van der Waals surface area contributed by atoms with Gasteiger partial charge in [0.25, 0.3) is 0 Å². The minimum atomic E-state index is 0.175. The van der Waals surface area contributed by atoms with Crippen LogP contribution in [0.5, 0.6) is 0 Å². The maximum atomic E-state index is 12.0. The zero-order chi connectivity index (χ0) is 11.7. The zero-order valence-corrected chi connectivity index (χ0v) is 10.5. The Morgan fingerprint density at radius 1 is 1.24 bits per heavy atom. The van der Waals surface area contributed by atoms with Gasteiger partial charge in [0.1, 0.15) is 0 Å². The van der Waals surface area contributed by atoms with Crippen LogP contribution in [0.1, 0.15) is 38.5 Å². The van der Waals surface area contributed by atoms with Crippen molar-refractivity contribution < 1.29 is 4.79 Å². The third kappa shape index (κ3) is 2.28. The highest BCUT2D eigenvalue weighted by atomic mass is 16.2. The molecule has 4 heteroatoms. The van der Waals surface area contributed by atoms with E-state index in [9.17, 15) is 4.79 Å². The smallest absolute Gasteiger partial charge is 0.317 e. The molecular formula is C13H23N3O. The molecule has 3 rings (SSSR count). The lowest BCUT2D eigenvalue weighted by molar-refractivity contribution is 0.0459. The molecule has 1 aliphatic carbocycles. The first-order valence-corrected chi connectivity index (χ1v) is 7.04. The largest absolute Gasteiger partial charge is 0.335 e. The quantitative estimate of drug-likeness (QED) is 0.722. The molecule has 2 heterocycles. The lowest BCUT2D eigenvalue weighted by Crippen LogP contribution is -2.62. The van der Waals surface area contributed by atoms with Gasteiger partial charge in [-0.05, 0) is 25.8 Å². The molecular weight excluding hydrogens is 214 g/mol. The Balaban J connectivity index is 1.44. The van der Waals surface area contributed by atoms with Crippen molar-refractivity contribution in [3.63, 3.8) is 0 Å². The van der Waals surface area contributed by atoms with Crippen LogP contribution in [0.15, 0.2) is 0 Å². The van der Waals surface area contributed by atoms with Gasteiger partial charge in [0.15, 0.2) is 0 Å². The van der Waals surface area contributed by atoms with E-state index in [1.165, 1.54) is 38.5 Å². The minimum Gasteiger partial charge on any atom is -0.335 e. The summed E-state index contributed by atoms with van der Waals surface area (Å²) in [5.74, 6) is 0. The Morgan fingerprint density at radius 2 is 2.00 bits per heavy atom. The molecule has 1 spiro atoms. The number of amides is 2. The summed E-state index contributed by atoms with van der Waals surface area (Å²) in [5.41, 5.74) is 0.421. The number of nitrogens with zero attached hydrogens (tertiary/aromatic N) is 1. The summed E-state index contributed by atoms with van der Waals surface area (Å²) in [5, 5.41) is 6.59. The Morgan fingerprint density at radius 3 is 2.65 bits per heavy atom. The SMILES string of the molecule is O=C(NC1CCCCC1)N1CC2(CCNC2)C1. The van der Waals surface area contributed by atoms with Crippen LogP contribution in [0.4, 0.5) is 4.79 Å². The maximum absolute atomic E-state index is 12.0. The normalized spacial score (nSPS) is 28.1. The summed E-state index contributed by atoms with van der Waals surface area (Å²) in [6.45, 7) is 4.13. The number of carbonyl (C=O) groups excluding carboxylic acids is 1. The highest BCUT2D eigenvalue weighted by Crippen LogP contribution is 2.36. The van der Waals surface area contributed by atoms with Gasteiger partial charge in [-0.3, -0.25) is 0 Å². The fourth-order valence-corrected chi connectivity index (χ4v) is 3.49. The molecule has 4 nitrogen and oxygen atoms in total. The Kier molecular flexibility index (Phi) is 2.99. The van der Waals surface area contributed by atoms with E-state index in [2.05, 4.69) is 10.6 Å². The molecule has 96 valence electrons. The van der Waals surface area contributed by atoms with Crippen molar-refractivity contribution in [2.24, 2.45) is 5.41 Å². The van der Waals surface area contributed by atoms with Crippen molar-refractivity contribution in [3.05, 3.63) is 0 Å². The Labute approximate surface area is 103 Å². The van der Waals surface area contributed by atoms with Crippen LogP contribution in [0, 0.1) is 5.41 Å². The molecule has 0 radical (unpaired) electrons. The van der Waals surface area contributed by atoms with Crippen molar-refractivity contribution in [1.29, 1.82) is 0 Å². The van der Waals surface area contributed by atoms with E-state index < -0.39 is 0 Å². The van der Waals surface area contributed by atoms with Crippen molar-refractivity contribution in [2.75, 3.05) is 26.2 Å². The monoisotopic (exact) mass is 237 g/mol. The number of rotatable bonds is 1. The number of urea groups is 1. The standard InChI is InChI=1S/C13H23N3O/c17-12(15-11-4-2-1-3-5-11)16-9-13(10-16)6-7-14-8-13/h11,14H,1-10H2,(H,15,17). The lowest BCUT2D eigenvalue weighted by Gasteiger charge is -2.48. The molecule has 3 fully saturated rings. The minimum absolute atomic E-state index is 0.175. The molecule has 2 amide bonds. The van der Waals surface area contributed by atoms with Gasteiger partial charge in [0.05, 0.1) is 0 Å². The first-order valence-electron chi connectivity index (χ1n) is 7.04. The second kappa shape index (κ2) is 4.48. The zero-order valence-electron chi connectivity index (χ0n) is 10.5. The van der Waals surface area contributed by atoms with E-state index >= 15 is 0 Å². The van der Waals surface area contributed by atoms with E-state index in [0.717, 1.165) is 26.2 Å². The average Bonchev–Trinajstić information content (AvgIpc) is 2.77. The van der Waals surface area contributed by atoms with Crippen molar-refractivity contribution >= 4 is 6.03 Å². The predicted octanol–water partition coefficient (Wildman–Crippen LogP) is 1.32. The molecule has 0 bridgehead atoms. The van der Waals surface area contributed by atoms with Gasteiger partial charge >= 0.3 is 6.03 Å². The summed E-state index contributed by atoms with van der Waals surface area (Å²) in [6.07, 6.45) is 7.47. The van der Waals surface area contributed by atoms with Crippen molar-refractivity contribution in [2.45, 2.75) is 44.6 Å². The number of hydrogen-bond donors (Lipinski definition) is 2. The highest BCUT2D eigenvalue weighted by Gasteiger charge is 2.46. The summed E-state index contributed by atoms with van der Waals surface area (Å²) >= 11 is 0. The van der Waals surface area contributed by atoms with Crippen LogP contribution >= 0.6 is 0 Å². The number of hydrogen-bond acceptors (Lipinski definition) is 2. The lowest BCUT2D eigenvalue weighted by atomic mass is 9.79. The second-order valence-corrected chi connectivity index (χ2v) is 6.07. The molecule has 0 unspecified atom stereocenters. The summed E-state index contributed by atoms with van der Waals surface area (Å²) < 4.78 is 0. The van der Waals surface area contributed by atoms with Crippen LogP contribution < -0.4 is 10.6 Å². The first-order chi connectivity index (χ1) is 8.27. The van der Waals surface area contributed by atoms with Crippen LogP contribution in [-0.2, 0) is 0 Å². The summed E-state index contributed by atoms with van der Waals surface area (Å²) in [4.78, 5) is 14.0. The summed E-state index contributed by atoms with van der Waals surface area (Å²) in [6, 6.07) is 0.615. The van der Waals surface area contributed by atoms with Gasteiger partial charge < -0.3 is 15.5 Å². The number of nitrogens with one attached hydrogen (secondary N) is 2. The third-order valence-corrected chi connectivity index (χ3v) is 4.60. The Bertz CT molecular complexity index is 285. The maximum Gasteiger partial charge on any atom is 0.317 e. The van der Waals surface area contributed by atoms with Gasteiger partial charge in [-0.1, -0.05) is 19.3 Å². The first kappa shape index (κ1) is 11.3. The van der Waals surface area contributed by atoms with Gasteiger partial charge in [0, 0.05) is 31.1 Å². The van der Waals surface area contributed by atoms with Gasteiger partial charge in [-0.25, -0.2) is 4.79 Å². The van der Waals surface area contributed by atoms with Crippen molar-refractivity contribution in [1.82, 2.24) is 15.5 Å². The molecule has 0 aromatic rings. The molecule has 1 saturated carbocycles. The van der Waals surface area contributed by atoms with Crippen molar-refractivity contribution in [3.8, 4) is 0 Å². The Hall–Kier alpha value is -0.770. The van der Waals surface area contributed by atoms with Gasteiger partial charge in [-0.15, -0.1) is 0 Å².